The lowest BCUT2D eigenvalue weighted by atomic mass is 10.1. The van der Waals surface area contributed by atoms with Crippen molar-refractivity contribution in [2.24, 2.45) is 0 Å². The Hall–Kier alpha value is -2.79. The Balaban J connectivity index is 1.55. The normalized spacial score (nSPS) is 16.7. The van der Waals surface area contributed by atoms with Crippen LogP contribution in [0.3, 0.4) is 0 Å². The van der Waals surface area contributed by atoms with Gasteiger partial charge in [0.15, 0.2) is 5.76 Å². The first-order valence-corrected chi connectivity index (χ1v) is 9.01. The molecule has 2 N–H and O–H groups in total. The van der Waals surface area contributed by atoms with Gasteiger partial charge in [-0.25, -0.2) is 0 Å². The van der Waals surface area contributed by atoms with Crippen LogP contribution in [0.2, 0.25) is 0 Å². The van der Waals surface area contributed by atoms with Gasteiger partial charge < -0.3 is 19.8 Å². The molecular weight excluding hydrogens is 328 g/mol. The Morgan fingerprint density at radius 2 is 1.96 bits per heavy atom. The molecule has 0 radical (unpaired) electrons. The van der Waals surface area contributed by atoms with Crippen LogP contribution in [0.5, 0.6) is 5.75 Å². The van der Waals surface area contributed by atoms with Gasteiger partial charge in [-0.2, -0.15) is 0 Å². The molecule has 1 aliphatic heterocycles. The van der Waals surface area contributed by atoms with Gasteiger partial charge in [0, 0.05) is 23.5 Å². The summed E-state index contributed by atoms with van der Waals surface area (Å²) in [6, 6.07) is 17.6. The molecular formula is C21H22N2O3. The summed E-state index contributed by atoms with van der Waals surface area (Å²) in [6.07, 6.45) is 2.24. The second kappa shape index (κ2) is 7.62. The van der Waals surface area contributed by atoms with Crippen molar-refractivity contribution in [3.05, 3.63) is 65.9 Å². The minimum Gasteiger partial charge on any atom is -0.489 e. The van der Waals surface area contributed by atoms with Crippen molar-refractivity contribution in [3.63, 3.8) is 0 Å². The maximum absolute atomic E-state index is 12.7. The third kappa shape index (κ3) is 3.58. The van der Waals surface area contributed by atoms with Crippen LogP contribution in [0.1, 0.15) is 29.0 Å². The van der Waals surface area contributed by atoms with Crippen molar-refractivity contribution in [2.75, 3.05) is 13.1 Å². The Bertz CT molecular complexity index is 883. The summed E-state index contributed by atoms with van der Waals surface area (Å²) in [4.78, 5) is 12.7. The Labute approximate surface area is 152 Å². The number of benzene rings is 2. The van der Waals surface area contributed by atoms with Gasteiger partial charge in [-0.05, 0) is 37.6 Å². The highest BCUT2D eigenvalue weighted by Gasteiger charge is 2.22. The topological polar surface area (TPSA) is 63.5 Å². The molecule has 0 saturated carbocycles. The van der Waals surface area contributed by atoms with Crippen LogP contribution < -0.4 is 15.4 Å². The molecule has 0 bridgehead atoms. The number of nitrogens with one attached hydrogen (secondary N) is 2. The van der Waals surface area contributed by atoms with E-state index in [9.17, 15) is 4.79 Å². The number of furan rings is 1. The number of hydrogen-bond acceptors (Lipinski definition) is 4. The van der Waals surface area contributed by atoms with Crippen molar-refractivity contribution >= 4 is 16.9 Å². The molecule has 26 heavy (non-hydrogen) atoms. The third-order valence-corrected chi connectivity index (χ3v) is 4.70. The molecule has 1 saturated heterocycles. The molecule has 5 nitrogen and oxygen atoms in total. The van der Waals surface area contributed by atoms with Gasteiger partial charge >= 0.3 is 0 Å². The van der Waals surface area contributed by atoms with Crippen molar-refractivity contribution in [1.82, 2.24) is 10.6 Å². The van der Waals surface area contributed by atoms with Crippen LogP contribution >= 0.6 is 0 Å². The average molecular weight is 350 g/mol. The first kappa shape index (κ1) is 16.7. The summed E-state index contributed by atoms with van der Waals surface area (Å²) >= 11 is 0. The number of carbonyl (C=O) groups excluding carboxylic acids is 1. The number of ether oxygens (including phenoxy) is 1. The Morgan fingerprint density at radius 1 is 1.15 bits per heavy atom. The third-order valence-electron chi connectivity index (χ3n) is 4.70. The number of amides is 1. The summed E-state index contributed by atoms with van der Waals surface area (Å²) in [5.41, 5.74) is 1.48. The van der Waals surface area contributed by atoms with Crippen molar-refractivity contribution in [1.29, 1.82) is 0 Å². The summed E-state index contributed by atoms with van der Waals surface area (Å²) in [6.45, 7) is 1.90. The molecule has 4 rings (SSSR count). The molecule has 2 heterocycles. The SMILES string of the molecule is O=C(NCC1CCCN1)c1oc2ccccc2c1COc1ccccc1. The van der Waals surface area contributed by atoms with Crippen LogP contribution in [-0.2, 0) is 6.61 Å². The van der Waals surface area contributed by atoms with Gasteiger partial charge in [-0.1, -0.05) is 36.4 Å². The van der Waals surface area contributed by atoms with E-state index in [1.807, 2.05) is 54.6 Å². The molecule has 1 atom stereocenters. The zero-order valence-corrected chi connectivity index (χ0v) is 14.5. The minimum atomic E-state index is -0.193. The van der Waals surface area contributed by atoms with Gasteiger partial charge in [-0.15, -0.1) is 0 Å². The molecule has 1 unspecified atom stereocenters. The van der Waals surface area contributed by atoms with E-state index in [0.717, 1.165) is 36.1 Å². The van der Waals surface area contributed by atoms with Gasteiger partial charge in [0.25, 0.3) is 5.91 Å². The number of fused-ring (bicyclic) bond motifs is 1. The quantitative estimate of drug-likeness (QED) is 0.714. The number of rotatable bonds is 6. The van der Waals surface area contributed by atoms with E-state index < -0.39 is 0 Å². The van der Waals surface area contributed by atoms with E-state index in [-0.39, 0.29) is 12.5 Å². The van der Waals surface area contributed by atoms with Gasteiger partial charge in [0.1, 0.15) is 17.9 Å². The highest BCUT2D eigenvalue weighted by atomic mass is 16.5. The van der Waals surface area contributed by atoms with E-state index in [0.29, 0.717) is 23.9 Å². The lowest BCUT2D eigenvalue weighted by molar-refractivity contribution is 0.0921. The van der Waals surface area contributed by atoms with E-state index in [2.05, 4.69) is 10.6 Å². The zero-order valence-electron chi connectivity index (χ0n) is 14.5. The monoisotopic (exact) mass is 350 g/mol. The van der Waals surface area contributed by atoms with Crippen molar-refractivity contribution in [3.8, 4) is 5.75 Å². The standard InChI is InChI=1S/C21H22N2O3/c24-21(23-13-15-7-6-12-22-15)20-18(14-25-16-8-2-1-3-9-16)17-10-4-5-11-19(17)26-20/h1-5,8-11,15,22H,6-7,12-14H2,(H,23,24). The predicted molar refractivity (Wildman–Crippen MR) is 100 cm³/mol. The highest BCUT2D eigenvalue weighted by Crippen LogP contribution is 2.27. The molecule has 134 valence electrons. The minimum absolute atomic E-state index is 0.193. The van der Waals surface area contributed by atoms with E-state index in [4.69, 9.17) is 9.15 Å². The van der Waals surface area contributed by atoms with E-state index >= 15 is 0 Å². The second-order valence-corrected chi connectivity index (χ2v) is 6.51. The summed E-state index contributed by atoms with van der Waals surface area (Å²) in [7, 11) is 0. The maximum Gasteiger partial charge on any atom is 0.287 e. The maximum atomic E-state index is 12.7. The average Bonchev–Trinajstić information content (AvgIpc) is 3.33. The second-order valence-electron chi connectivity index (χ2n) is 6.51. The molecule has 0 aliphatic carbocycles. The summed E-state index contributed by atoms with van der Waals surface area (Å²) in [5, 5.41) is 7.28. The first-order valence-electron chi connectivity index (χ1n) is 9.01. The van der Waals surface area contributed by atoms with Crippen LogP contribution in [0, 0.1) is 0 Å². The molecule has 5 heteroatoms. The lowest BCUT2D eigenvalue weighted by Crippen LogP contribution is -2.37. The number of hydrogen-bond donors (Lipinski definition) is 2. The molecule has 1 amide bonds. The van der Waals surface area contributed by atoms with E-state index in [1.165, 1.54) is 0 Å². The Morgan fingerprint density at radius 3 is 2.77 bits per heavy atom. The van der Waals surface area contributed by atoms with E-state index in [1.54, 1.807) is 0 Å². The fourth-order valence-electron chi connectivity index (χ4n) is 3.32. The van der Waals surface area contributed by atoms with Gasteiger partial charge in [0.2, 0.25) is 0 Å². The summed E-state index contributed by atoms with van der Waals surface area (Å²) in [5.74, 6) is 0.904. The summed E-state index contributed by atoms with van der Waals surface area (Å²) < 4.78 is 11.7. The van der Waals surface area contributed by atoms with Crippen molar-refractivity contribution < 1.29 is 13.9 Å². The van der Waals surface area contributed by atoms with Crippen LogP contribution in [-0.4, -0.2) is 25.0 Å². The fraction of sp³-hybridized carbons (Fsp3) is 0.286. The van der Waals surface area contributed by atoms with Crippen LogP contribution in [0.4, 0.5) is 0 Å². The molecule has 1 aromatic heterocycles. The smallest absolute Gasteiger partial charge is 0.287 e. The fourth-order valence-corrected chi connectivity index (χ4v) is 3.32. The van der Waals surface area contributed by atoms with Crippen molar-refractivity contribution in [2.45, 2.75) is 25.5 Å². The predicted octanol–water partition coefficient (Wildman–Crippen LogP) is 3.49. The van der Waals surface area contributed by atoms with Crippen LogP contribution in [0.15, 0.2) is 59.0 Å². The van der Waals surface area contributed by atoms with Gasteiger partial charge in [-0.3, -0.25) is 4.79 Å². The first-order chi connectivity index (χ1) is 12.8. The Kier molecular flexibility index (Phi) is 4.88. The largest absolute Gasteiger partial charge is 0.489 e. The molecule has 0 spiro atoms. The number of para-hydroxylation sites is 2. The zero-order chi connectivity index (χ0) is 17.8. The number of carbonyl (C=O) groups is 1. The van der Waals surface area contributed by atoms with Gasteiger partial charge in [0.05, 0.1) is 0 Å². The molecule has 2 aromatic carbocycles. The molecule has 1 fully saturated rings. The highest BCUT2D eigenvalue weighted by molar-refractivity contribution is 5.99. The van der Waals surface area contributed by atoms with Crippen LogP contribution in [0.25, 0.3) is 11.0 Å². The lowest BCUT2D eigenvalue weighted by Gasteiger charge is -2.11. The molecule has 1 aliphatic rings. The molecule has 3 aromatic rings.